The van der Waals surface area contributed by atoms with Crippen LogP contribution >= 0.6 is 11.3 Å². The number of aromatic amines is 1. The molecule has 17 nitrogen and oxygen atoms in total. The number of anilines is 1. The van der Waals surface area contributed by atoms with Crippen LogP contribution in [0.25, 0.3) is 21.6 Å². The maximum Gasteiger partial charge on any atom is 0.253 e. The highest BCUT2D eigenvalue weighted by molar-refractivity contribution is 7.13. The van der Waals surface area contributed by atoms with Crippen molar-refractivity contribution >= 4 is 40.7 Å². The van der Waals surface area contributed by atoms with Gasteiger partial charge in [-0.25, -0.2) is 4.98 Å². The van der Waals surface area contributed by atoms with E-state index in [4.69, 9.17) is 18.9 Å². The Balaban J connectivity index is 0.849. The minimum atomic E-state index is -0.978. The van der Waals surface area contributed by atoms with Crippen molar-refractivity contribution in [3.8, 4) is 27.3 Å². The molecule has 2 saturated heterocycles. The Bertz CT molecular complexity index is 2840. The van der Waals surface area contributed by atoms with Crippen LogP contribution in [-0.2, 0) is 41.7 Å². The van der Waals surface area contributed by atoms with E-state index in [9.17, 15) is 29.1 Å². The van der Waals surface area contributed by atoms with E-state index in [1.54, 1.807) is 11.3 Å². The number of nitrogens with one attached hydrogen (secondary N) is 4. The van der Waals surface area contributed by atoms with Gasteiger partial charge in [-0.2, -0.15) is 0 Å². The fourth-order valence-electron chi connectivity index (χ4n) is 9.85. The molecule has 7 rings (SSSR count). The zero-order valence-corrected chi connectivity index (χ0v) is 46.0. The highest BCUT2D eigenvalue weighted by Gasteiger charge is 2.44. The third kappa shape index (κ3) is 14.9. The van der Waals surface area contributed by atoms with Gasteiger partial charge in [0.25, 0.3) is 11.5 Å². The Morgan fingerprint density at radius 2 is 1.61 bits per heavy atom. The first-order chi connectivity index (χ1) is 36.4. The Labute approximate surface area is 450 Å². The summed E-state index contributed by atoms with van der Waals surface area (Å²) in [6.07, 6.45) is 1.61. The van der Waals surface area contributed by atoms with E-state index in [0.29, 0.717) is 49.7 Å². The molecule has 5 N–H and O–H groups in total. The number of H-pyrrole nitrogens is 1. The zero-order chi connectivity index (χ0) is 54.5. The SMILES string of the molecule is CCN(c1cc(-c2ccc(OCCCOCCOCC(=O)N[C@H](C(=O)N3C[C@H](O)C[C@H]3C(=O)NCc3ccc(-c4scnc4C)cc3)C(C)(C)C)cc2)cc(C(=O)NCc2c(C)cc(C)[nH]c2=O)c1C)C1CCOCC1. The molecule has 3 atom stereocenters. The summed E-state index contributed by atoms with van der Waals surface area (Å²) in [5, 5.41) is 19.4. The van der Waals surface area contributed by atoms with Crippen molar-refractivity contribution in [3.05, 3.63) is 122 Å². The van der Waals surface area contributed by atoms with Gasteiger partial charge in [0.1, 0.15) is 24.4 Å². The fraction of sp³-hybridized carbons (Fsp3) is 0.483. The van der Waals surface area contributed by atoms with E-state index in [-0.39, 0.29) is 69.3 Å². The number of pyridine rings is 1. The van der Waals surface area contributed by atoms with Crippen LogP contribution in [0, 0.1) is 33.1 Å². The molecular formula is C58H75N7O10S. The number of aliphatic hydroxyl groups is 1. The monoisotopic (exact) mass is 1060 g/mol. The molecule has 18 heteroatoms. The highest BCUT2D eigenvalue weighted by Crippen LogP contribution is 2.35. The molecule has 0 radical (unpaired) electrons. The summed E-state index contributed by atoms with van der Waals surface area (Å²) in [6, 6.07) is 20.0. The predicted molar refractivity (Wildman–Crippen MR) is 295 cm³/mol. The molecule has 0 spiro atoms. The maximum absolute atomic E-state index is 14.0. The van der Waals surface area contributed by atoms with E-state index in [0.717, 1.165) is 74.7 Å². The summed E-state index contributed by atoms with van der Waals surface area (Å²) in [5.41, 5.74) is 10.1. The Morgan fingerprint density at radius 1 is 0.895 bits per heavy atom. The van der Waals surface area contributed by atoms with E-state index >= 15 is 0 Å². The predicted octanol–water partition coefficient (Wildman–Crippen LogP) is 6.95. The molecular weight excluding hydrogens is 987 g/mol. The largest absolute Gasteiger partial charge is 0.494 e. The number of rotatable bonds is 23. The number of aromatic nitrogens is 2. The summed E-state index contributed by atoms with van der Waals surface area (Å²) in [5.74, 6) is -0.879. The molecule has 5 aromatic rings. The van der Waals surface area contributed by atoms with Crippen molar-refractivity contribution in [1.82, 2.24) is 30.8 Å². The number of aryl methyl sites for hydroxylation is 3. The number of hydrogen-bond acceptors (Lipinski definition) is 13. The third-order valence-electron chi connectivity index (χ3n) is 14.0. The second-order valence-electron chi connectivity index (χ2n) is 20.8. The van der Waals surface area contributed by atoms with Gasteiger partial charge in [-0.1, -0.05) is 57.2 Å². The number of aliphatic hydroxyl groups excluding tert-OH is 1. The van der Waals surface area contributed by atoms with Gasteiger partial charge in [-0.3, -0.25) is 24.0 Å². The molecule has 76 heavy (non-hydrogen) atoms. The minimum Gasteiger partial charge on any atom is -0.494 e. The van der Waals surface area contributed by atoms with Gasteiger partial charge >= 0.3 is 0 Å². The van der Waals surface area contributed by atoms with Crippen LogP contribution in [0.3, 0.4) is 0 Å². The van der Waals surface area contributed by atoms with Crippen molar-refractivity contribution in [2.24, 2.45) is 5.41 Å². The molecule has 2 aliphatic rings. The van der Waals surface area contributed by atoms with Gasteiger partial charge in [0, 0.05) is 87.4 Å². The van der Waals surface area contributed by atoms with Crippen molar-refractivity contribution in [1.29, 1.82) is 0 Å². The van der Waals surface area contributed by atoms with Gasteiger partial charge < -0.3 is 54.8 Å². The summed E-state index contributed by atoms with van der Waals surface area (Å²) < 4.78 is 23.1. The van der Waals surface area contributed by atoms with Crippen LogP contribution < -0.4 is 31.1 Å². The molecule has 2 aromatic heterocycles. The van der Waals surface area contributed by atoms with Gasteiger partial charge in [-0.05, 0) is 117 Å². The molecule has 0 aliphatic carbocycles. The molecule has 4 amide bonds. The van der Waals surface area contributed by atoms with Crippen LogP contribution in [0.1, 0.15) is 97.4 Å². The van der Waals surface area contributed by atoms with Crippen LogP contribution in [-0.4, -0.2) is 127 Å². The lowest BCUT2D eigenvalue weighted by atomic mass is 9.85. The van der Waals surface area contributed by atoms with Crippen molar-refractivity contribution in [2.45, 2.75) is 118 Å². The summed E-state index contributed by atoms with van der Waals surface area (Å²) in [4.78, 5) is 79.3. The van der Waals surface area contributed by atoms with Crippen LogP contribution in [0.5, 0.6) is 5.75 Å². The van der Waals surface area contributed by atoms with Gasteiger partial charge in [0.2, 0.25) is 17.7 Å². The molecule has 0 bridgehead atoms. The Morgan fingerprint density at radius 3 is 2.28 bits per heavy atom. The summed E-state index contributed by atoms with van der Waals surface area (Å²) in [6.45, 7) is 18.7. The minimum absolute atomic E-state index is 0.0240. The number of thiazole rings is 1. The Kier molecular flexibility index (Phi) is 20.0. The fourth-order valence-corrected chi connectivity index (χ4v) is 10.7. The molecule has 2 aliphatic heterocycles. The van der Waals surface area contributed by atoms with E-state index < -0.39 is 35.4 Å². The average molecular weight is 1060 g/mol. The quantitative estimate of drug-likeness (QED) is 0.0421. The number of hydrogen-bond donors (Lipinski definition) is 5. The van der Waals surface area contributed by atoms with E-state index in [2.05, 4.69) is 43.8 Å². The maximum atomic E-state index is 14.0. The lowest BCUT2D eigenvalue weighted by Gasteiger charge is -2.37. The first kappa shape index (κ1) is 57.3. The molecule has 3 aromatic carbocycles. The van der Waals surface area contributed by atoms with Crippen LogP contribution in [0.4, 0.5) is 5.69 Å². The molecule has 408 valence electrons. The number of amides is 4. The molecule has 0 saturated carbocycles. The van der Waals surface area contributed by atoms with Crippen molar-refractivity contribution in [2.75, 3.05) is 64.2 Å². The number of likely N-dealkylation sites (tertiary alicyclic amines) is 1. The smallest absolute Gasteiger partial charge is 0.253 e. The second-order valence-corrected chi connectivity index (χ2v) is 21.6. The van der Waals surface area contributed by atoms with Gasteiger partial charge in [0.15, 0.2) is 0 Å². The number of β-amino-alcohol motifs (C(OH)–C–C–N with tert-alkyl or cyclic N) is 1. The number of carbonyl (C=O) groups is 4. The highest BCUT2D eigenvalue weighted by atomic mass is 32.1. The third-order valence-corrected chi connectivity index (χ3v) is 15.0. The second kappa shape index (κ2) is 26.6. The van der Waals surface area contributed by atoms with E-state index in [1.165, 1.54) is 4.90 Å². The molecule has 2 fully saturated rings. The Hall–Kier alpha value is -6.44. The van der Waals surface area contributed by atoms with Crippen LogP contribution in [0.15, 0.2) is 77.0 Å². The summed E-state index contributed by atoms with van der Waals surface area (Å²) >= 11 is 1.57. The normalized spacial score (nSPS) is 16.3. The zero-order valence-electron chi connectivity index (χ0n) is 45.2. The van der Waals surface area contributed by atoms with Crippen molar-refractivity contribution < 1.29 is 43.2 Å². The lowest BCUT2D eigenvalue weighted by Crippen LogP contribution is -2.58. The van der Waals surface area contributed by atoms with Gasteiger partial charge in [0.05, 0.1) is 42.0 Å². The van der Waals surface area contributed by atoms with Crippen molar-refractivity contribution in [3.63, 3.8) is 0 Å². The number of ether oxygens (including phenoxy) is 4. The standard InChI is InChI=1S/C58H75N7O10S/c1-9-64(44-19-23-73-24-20-44)49-29-43(28-47(38(49)4)54(68)60-32-48-36(2)27-37(3)62-55(48)69)41-15-17-46(18-16-41)75-22-10-21-72-25-26-74-34-51(67)63-53(58(6,7)8)57(71)65-33-45(66)30-50(65)56(70)59-31-40-11-13-42(14-12-40)52-39(5)61-35-76-52/h11-18,27-29,35,44-45,50,53,66H,9-10,19-26,30-34H2,1-8H3,(H,59,70)(H,60,68)(H,62,69)(H,63,67)/t45-,50+,53-/m1/s1. The van der Waals surface area contributed by atoms with Gasteiger partial charge in [-0.15, -0.1) is 11.3 Å². The molecule has 4 heterocycles. The number of benzene rings is 3. The average Bonchev–Trinajstić information content (AvgIpc) is 4.02. The number of carbonyl (C=O) groups excluding carboxylic acids is 4. The summed E-state index contributed by atoms with van der Waals surface area (Å²) in [7, 11) is 0. The molecule has 0 unspecified atom stereocenters. The van der Waals surface area contributed by atoms with E-state index in [1.807, 2.05) is 115 Å². The van der Waals surface area contributed by atoms with Crippen LogP contribution in [0.2, 0.25) is 0 Å². The first-order valence-corrected chi connectivity index (χ1v) is 27.2. The topological polar surface area (TPSA) is 214 Å². The number of nitrogens with zero attached hydrogens (tertiary/aromatic N) is 3. The lowest BCUT2D eigenvalue weighted by molar-refractivity contribution is -0.144. The first-order valence-electron chi connectivity index (χ1n) is 26.3.